The van der Waals surface area contributed by atoms with E-state index in [1.54, 1.807) is 6.07 Å². The number of carbonyl (C=O) groups is 2. The van der Waals surface area contributed by atoms with Gasteiger partial charge in [-0.3, -0.25) is 4.79 Å². The smallest absolute Gasteiger partial charge is 0.337 e. The van der Waals surface area contributed by atoms with E-state index >= 15 is 0 Å². The molecule has 1 atom stereocenters. The van der Waals surface area contributed by atoms with Crippen LogP contribution in [0.4, 0.5) is 0 Å². The molecule has 1 rings (SSSR count). The molecule has 0 spiro atoms. The van der Waals surface area contributed by atoms with Crippen molar-refractivity contribution in [1.29, 1.82) is 0 Å². The van der Waals surface area contributed by atoms with Crippen LogP contribution in [0.5, 0.6) is 5.75 Å². The van der Waals surface area contributed by atoms with Crippen molar-refractivity contribution in [1.82, 2.24) is 0 Å². The predicted molar refractivity (Wildman–Crippen MR) is 68.1 cm³/mol. The van der Waals surface area contributed by atoms with Crippen LogP contribution >= 0.6 is 15.9 Å². The highest BCUT2D eigenvalue weighted by molar-refractivity contribution is 9.09. The number of Topliss-reactive ketones (excluding diaryl/α,β-unsaturated/α-hetero) is 1. The monoisotopic (exact) mass is 316 g/mol. The number of ether oxygens (including phenoxy) is 1. The fourth-order valence-electron chi connectivity index (χ4n) is 1.51. The summed E-state index contributed by atoms with van der Waals surface area (Å²) in [6, 6.07) is 4.47. The Morgan fingerprint density at radius 2 is 2.11 bits per heavy atom. The van der Waals surface area contributed by atoms with E-state index < -0.39 is 12.1 Å². The Bertz CT molecular complexity index is 458. The Labute approximate surface area is 113 Å². The van der Waals surface area contributed by atoms with Crippen molar-refractivity contribution in [3.8, 4) is 5.75 Å². The quantitative estimate of drug-likeness (QED) is 0.773. The summed E-state index contributed by atoms with van der Waals surface area (Å²) in [6.45, 7) is 0. The number of benzene rings is 1. The van der Waals surface area contributed by atoms with Crippen LogP contribution < -0.4 is 4.74 Å². The minimum absolute atomic E-state index is 0.0599. The van der Waals surface area contributed by atoms with Gasteiger partial charge in [-0.15, -0.1) is 0 Å². The molecule has 98 valence electrons. The highest BCUT2D eigenvalue weighted by atomic mass is 79.9. The maximum Gasteiger partial charge on any atom is 0.337 e. The average Bonchev–Trinajstić information content (AvgIpc) is 2.37. The predicted octanol–water partition coefficient (Wildman–Crippen LogP) is 1.32. The second-order valence-electron chi connectivity index (χ2n) is 3.66. The van der Waals surface area contributed by atoms with Gasteiger partial charge >= 0.3 is 5.97 Å². The van der Waals surface area contributed by atoms with Gasteiger partial charge in [0, 0.05) is 12.0 Å². The van der Waals surface area contributed by atoms with Gasteiger partial charge in [-0.25, -0.2) is 4.79 Å². The molecule has 0 saturated carbocycles. The van der Waals surface area contributed by atoms with E-state index in [0.717, 1.165) is 0 Å². The SMILES string of the molecule is COc1ccc(C(O)C(=O)O)cc1CC(=O)CBr. The molecule has 0 amide bonds. The van der Waals surface area contributed by atoms with Crippen molar-refractivity contribution >= 4 is 27.7 Å². The summed E-state index contributed by atoms with van der Waals surface area (Å²) in [7, 11) is 1.46. The van der Waals surface area contributed by atoms with Crippen LogP contribution in [0.15, 0.2) is 18.2 Å². The van der Waals surface area contributed by atoms with Gasteiger partial charge in [-0.2, -0.15) is 0 Å². The zero-order valence-electron chi connectivity index (χ0n) is 9.72. The van der Waals surface area contributed by atoms with Gasteiger partial charge in [0.25, 0.3) is 0 Å². The second-order valence-corrected chi connectivity index (χ2v) is 4.22. The van der Waals surface area contributed by atoms with E-state index in [-0.39, 0.29) is 23.1 Å². The summed E-state index contributed by atoms with van der Waals surface area (Å²) >= 11 is 3.06. The third kappa shape index (κ3) is 3.54. The molecule has 0 aromatic heterocycles. The van der Waals surface area contributed by atoms with Crippen molar-refractivity contribution in [3.05, 3.63) is 29.3 Å². The number of methoxy groups -OCH3 is 1. The van der Waals surface area contributed by atoms with Crippen LogP contribution in [-0.2, 0) is 16.0 Å². The zero-order chi connectivity index (χ0) is 13.7. The van der Waals surface area contributed by atoms with E-state index in [1.165, 1.54) is 19.2 Å². The van der Waals surface area contributed by atoms with E-state index in [4.69, 9.17) is 9.84 Å². The van der Waals surface area contributed by atoms with Gasteiger partial charge in [-0.05, 0) is 17.7 Å². The van der Waals surface area contributed by atoms with Gasteiger partial charge in [0.15, 0.2) is 6.10 Å². The Hall–Kier alpha value is -1.40. The van der Waals surface area contributed by atoms with Crippen molar-refractivity contribution in [2.75, 3.05) is 12.4 Å². The lowest BCUT2D eigenvalue weighted by molar-refractivity contribution is -0.146. The lowest BCUT2D eigenvalue weighted by atomic mass is 10.0. The summed E-state index contributed by atoms with van der Waals surface area (Å²) in [5.41, 5.74) is 0.778. The summed E-state index contributed by atoms with van der Waals surface area (Å²) in [5, 5.41) is 18.4. The molecule has 0 aliphatic carbocycles. The minimum atomic E-state index is -1.60. The van der Waals surface area contributed by atoms with Crippen LogP contribution in [0.2, 0.25) is 0 Å². The van der Waals surface area contributed by atoms with E-state index in [0.29, 0.717) is 11.3 Å². The van der Waals surface area contributed by atoms with E-state index in [9.17, 15) is 14.7 Å². The molecule has 2 N–H and O–H groups in total. The first-order valence-corrected chi connectivity index (χ1v) is 6.27. The third-order valence-electron chi connectivity index (χ3n) is 2.39. The molecule has 0 fully saturated rings. The highest BCUT2D eigenvalue weighted by Gasteiger charge is 2.18. The maximum atomic E-state index is 11.4. The number of aliphatic hydroxyl groups is 1. The topological polar surface area (TPSA) is 83.8 Å². The van der Waals surface area contributed by atoms with Crippen molar-refractivity contribution in [3.63, 3.8) is 0 Å². The summed E-state index contributed by atoms with van der Waals surface area (Å²) in [4.78, 5) is 22.1. The molecule has 5 nitrogen and oxygen atoms in total. The molecule has 6 heteroatoms. The first-order valence-electron chi connectivity index (χ1n) is 5.15. The molecule has 1 aromatic rings. The lowest BCUT2D eigenvalue weighted by Crippen LogP contribution is -2.12. The minimum Gasteiger partial charge on any atom is -0.496 e. The van der Waals surface area contributed by atoms with Gasteiger partial charge < -0.3 is 14.9 Å². The highest BCUT2D eigenvalue weighted by Crippen LogP contribution is 2.24. The first-order chi connectivity index (χ1) is 8.49. The summed E-state index contributed by atoms with van der Waals surface area (Å²) < 4.78 is 5.09. The molecule has 0 bridgehead atoms. The Kier molecular flexibility index (Phi) is 5.30. The molecular formula is C12H13BrO5. The van der Waals surface area contributed by atoms with Gasteiger partial charge in [0.2, 0.25) is 0 Å². The van der Waals surface area contributed by atoms with E-state index in [1.807, 2.05) is 0 Å². The molecule has 18 heavy (non-hydrogen) atoms. The van der Waals surface area contributed by atoms with Crippen molar-refractivity contribution < 1.29 is 24.5 Å². The number of carbonyl (C=O) groups excluding carboxylic acids is 1. The number of ketones is 1. The third-order valence-corrected chi connectivity index (χ3v) is 3.02. The number of hydrogen-bond acceptors (Lipinski definition) is 4. The molecular weight excluding hydrogens is 304 g/mol. The Morgan fingerprint density at radius 1 is 1.44 bits per heavy atom. The number of aliphatic carboxylic acids is 1. The summed E-state index contributed by atoms with van der Waals surface area (Å²) in [6.07, 6.45) is -1.48. The van der Waals surface area contributed by atoms with Crippen LogP contribution in [0.1, 0.15) is 17.2 Å². The maximum absolute atomic E-state index is 11.4. The zero-order valence-corrected chi connectivity index (χ0v) is 11.3. The molecule has 0 aliphatic rings. The molecule has 0 heterocycles. The number of alkyl halides is 1. The second kappa shape index (κ2) is 6.51. The number of aliphatic hydroxyl groups excluding tert-OH is 1. The number of carboxylic acid groups (broad SMARTS) is 1. The molecule has 0 aliphatic heterocycles. The van der Waals surface area contributed by atoms with Crippen molar-refractivity contribution in [2.24, 2.45) is 0 Å². The van der Waals surface area contributed by atoms with Gasteiger partial charge in [-0.1, -0.05) is 22.0 Å². The number of carboxylic acids is 1. The number of rotatable bonds is 6. The normalized spacial score (nSPS) is 11.9. The Morgan fingerprint density at radius 3 is 2.61 bits per heavy atom. The molecule has 1 aromatic carbocycles. The van der Waals surface area contributed by atoms with Gasteiger partial charge in [0.05, 0.1) is 12.4 Å². The molecule has 0 radical (unpaired) electrons. The summed E-state index contributed by atoms with van der Waals surface area (Å²) in [5.74, 6) is -0.904. The number of halogens is 1. The van der Waals surface area contributed by atoms with Crippen LogP contribution in [-0.4, -0.2) is 34.4 Å². The molecule has 0 saturated heterocycles. The van der Waals surface area contributed by atoms with Crippen molar-refractivity contribution in [2.45, 2.75) is 12.5 Å². The van der Waals surface area contributed by atoms with Gasteiger partial charge in [0.1, 0.15) is 11.5 Å². The number of hydrogen-bond donors (Lipinski definition) is 2. The fourth-order valence-corrected chi connectivity index (χ4v) is 1.71. The first kappa shape index (κ1) is 14.7. The van der Waals surface area contributed by atoms with E-state index in [2.05, 4.69) is 15.9 Å². The standard InChI is InChI=1S/C12H13BrO5/c1-18-10-3-2-7(11(15)12(16)17)4-8(10)5-9(14)6-13/h2-4,11,15H,5-6H2,1H3,(H,16,17). The van der Waals surface area contributed by atoms with Crippen LogP contribution in [0.25, 0.3) is 0 Å². The lowest BCUT2D eigenvalue weighted by Gasteiger charge is -2.11. The Balaban J connectivity index is 3.09. The van der Waals surface area contributed by atoms with Crippen LogP contribution in [0, 0.1) is 0 Å². The van der Waals surface area contributed by atoms with Crippen LogP contribution in [0.3, 0.4) is 0 Å². The average molecular weight is 317 g/mol. The largest absolute Gasteiger partial charge is 0.496 e. The fraction of sp³-hybridized carbons (Fsp3) is 0.333. The molecule has 1 unspecified atom stereocenters.